The molecule has 3 heteroatoms. The highest BCUT2D eigenvalue weighted by molar-refractivity contribution is 7.17. The smallest absolute Gasteiger partial charge is 0.225 e. The Bertz CT molecular complexity index is 271. The maximum Gasteiger partial charge on any atom is 0.225 e. The SMILES string of the molecule is C=Cc1cccc(O[PH2]=O)c1. The molecule has 1 atom stereocenters. The normalized spacial score (nSPS) is 10.2. The third-order valence-electron chi connectivity index (χ3n) is 1.28. The molecule has 0 fully saturated rings. The lowest BCUT2D eigenvalue weighted by Crippen LogP contribution is -1.75. The summed E-state index contributed by atoms with van der Waals surface area (Å²) in [7, 11) is -1.17. The molecule has 0 aliphatic heterocycles. The maximum atomic E-state index is 10.1. The van der Waals surface area contributed by atoms with E-state index in [-0.39, 0.29) is 0 Å². The van der Waals surface area contributed by atoms with E-state index in [1.807, 2.05) is 12.1 Å². The summed E-state index contributed by atoms with van der Waals surface area (Å²) in [6.07, 6.45) is 1.72. The third kappa shape index (κ3) is 2.24. The summed E-state index contributed by atoms with van der Waals surface area (Å²) in [5.74, 6) is 0.632. The van der Waals surface area contributed by atoms with E-state index >= 15 is 0 Å². The molecule has 0 aromatic heterocycles. The Balaban J connectivity index is 2.90. The van der Waals surface area contributed by atoms with E-state index in [0.29, 0.717) is 5.75 Å². The average Bonchev–Trinajstić information content (AvgIpc) is 2.06. The topological polar surface area (TPSA) is 26.3 Å². The molecule has 1 aromatic rings. The number of benzene rings is 1. The van der Waals surface area contributed by atoms with Gasteiger partial charge in [-0.05, 0) is 17.7 Å². The molecule has 1 unspecified atom stereocenters. The Kier molecular flexibility index (Phi) is 2.94. The zero-order valence-electron chi connectivity index (χ0n) is 5.99. The lowest BCUT2D eigenvalue weighted by atomic mass is 10.2. The highest BCUT2D eigenvalue weighted by atomic mass is 31.1. The molecule has 0 aliphatic rings. The van der Waals surface area contributed by atoms with Crippen LogP contribution in [0.3, 0.4) is 0 Å². The first-order valence-corrected chi connectivity index (χ1v) is 4.14. The van der Waals surface area contributed by atoms with Crippen LogP contribution >= 0.6 is 8.69 Å². The number of hydrogen-bond acceptors (Lipinski definition) is 2. The molecule has 2 nitrogen and oxygen atoms in total. The molecule has 0 bridgehead atoms. The Labute approximate surface area is 66.8 Å². The summed E-state index contributed by atoms with van der Waals surface area (Å²) in [4.78, 5) is 0. The molecule has 0 saturated heterocycles. The van der Waals surface area contributed by atoms with E-state index in [2.05, 4.69) is 6.58 Å². The molecule has 11 heavy (non-hydrogen) atoms. The molecule has 0 amide bonds. The van der Waals surface area contributed by atoms with Gasteiger partial charge in [-0.15, -0.1) is 0 Å². The first kappa shape index (κ1) is 8.09. The van der Waals surface area contributed by atoms with Gasteiger partial charge in [0.25, 0.3) is 0 Å². The second-order valence-electron chi connectivity index (χ2n) is 1.99. The van der Waals surface area contributed by atoms with Crippen molar-refractivity contribution in [3.05, 3.63) is 36.4 Å². The lowest BCUT2D eigenvalue weighted by molar-refractivity contribution is 0.525. The van der Waals surface area contributed by atoms with Gasteiger partial charge in [0.05, 0.1) is 0 Å². The van der Waals surface area contributed by atoms with E-state index in [1.165, 1.54) is 0 Å². The number of hydrogen-bond donors (Lipinski definition) is 0. The van der Waals surface area contributed by atoms with Crippen LogP contribution in [0.15, 0.2) is 30.8 Å². The van der Waals surface area contributed by atoms with Crippen molar-refractivity contribution in [3.8, 4) is 5.75 Å². The van der Waals surface area contributed by atoms with E-state index in [4.69, 9.17) is 4.52 Å². The summed E-state index contributed by atoms with van der Waals surface area (Å²) < 4.78 is 15.0. The predicted molar refractivity (Wildman–Crippen MR) is 47.6 cm³/mol. The van der Waals surface area contributed by atoms with Gasteiger partial charge < -0.3 is 4.52 Å². The number of rotatable bonds is 3. The monoisotopic (exact) mass is 168 g/mol. The Morgan fingerprint density at radius 2 is 2.36 bits per heavy atom. The van der Waals surface area contributed by atoms with Crippen LogP contribution in [0, 0.1) is 0 Å². The maximum absolute atomic E-state index is 10.1. The molecule has 0 heterocycles. The van der Waals surface area contributed by atoms with Crippen LogP contribution in [0.25, 0.3) is 6.08 Å². The molecular weight excluding hydrogens is 159 g/mol. The van der Waals surface area contributed by atoms with Crippen LogP contribution in [-0.2, 0) is 4.57 Å². The van der Waals surface area contributed by atoms with E-state index in [1.54, 1.807) is 18.2 Å². The van der Waals surface area contributed by atoms with Crippen molar-refractivity contribution in [3.63, 3.8) is 0 Å². The molecule has 0 aliphatic carbocycles. The highest BCUT2D eigenvalue weighted by Crippen LogP contribution is 2.17. The van der Waals surface area contributed by atoms with E-state index in [0.717, 1.165) is 5.56 Å². The highest BCUT2D eigenvalue weighted by Gasteiger charge is 1.90. The Morgan fingerprint density at radius 1 is 1.55 bits per heavy atom. The van der Waals surface area contributed by atoms with Gasteiger partial charge in [-0.3, -0.25) is 4.57 Å². The Morgan fingerprint density at radius 3 is 3.00 bits per heavy atom. The standard InChI is InChI=1S/C8H9O2P/c1-2-7-4-3-5-8(6-7)10-11-9/h2-6H,1,11H2. The van der Waals surface area contributed by atoms with Gasteiger partial charge in [-0.25, -0.2) is 0 Å². The predicted octanol–water partition coefficient (Wildman–Crippen LogP) is 2.38. The van der Waals surface area contributed by atoms with Crippen LogP contribution in [0.5, 0.6) is 5.75 Å². The largest absolute Gasteiger partial charge is 0.447 e. The second kappa shape index (κ2) is 3.99. The average molecular weight is 168 g/mol. The van der Waals surface area contributed by atoms with Crippen LogP contribution in [0.1, 0.15) is 5.56 Å². The van der Waals surface area contributed by atoms with E-state index in [9.17, 15) is 4.57 Å². The van der Waals surface area contributed by atoms with Crippen LogP contribution in [0.4, 0.5) is 0 Å². The van der Waals surface area contributed by atoms with Gasteiger partial charge in [-0.1, -0.05) is 24.8 Å². The molecule has 1 rings (SSSR count). The summed E-state index contributed by atoms with van der Waals surface area (Å²) in [5, 5.41) is 0. The van der Waals surface area contributed by atoms with Gasteiger partial charge in [0.1, 0.15) is 5.75 Å². The van der Waals surface area contributed by atoms with Crippen LogP contribution < -0.4 is 4.52 Å². The minimum absolute atomic E-state index is 0.632. The zero-order valence-corrected chi connectivity index (χ0v) is 7.14. The first-order chi connectivity index (χ1) is 5.36. The zero-order chi connectivity index (χ0) is 8.10. The van der Waals surface area contributed by atoms with Crippen molar-refractivity contribution in [2.45, 2.75) is 0 Å². The van der Waals surface area contributed by atoms with Crippen molar-refractivity contribution in [1.82, 2.24) is 0 Å². The molecule has 1 aromatic carbocycles. The van der Waals surface area contributed by atoms with Gasteiger partial charge >= 0.3 is 0 Å². The van der Waals surface area contributed by atoms with Gasteiger partial charge in [-0.2, -0.15) is 0 Å². The van der Waals surface area contributed by atoms with Gasteiger partial charge in [0.2, 0.25) is 8.69 Å². The fourth-order valence-electron chi connectivity index (χ4n) is 0.770. The summed E-state index contributed by atoms with van der Waals surface area (Å²) >= 11 is 0. The molecule has 58 valence electrons. The quantitative estimate of drug-likeness (QED) is 0.647. The molecule has 0 radical (unpaired) electrons. The third-order valence-corrected chi connectivity index (χ3v) is 1.65. The minimum atomic E-state index is -1.17. The summed E-state index contributed by atoms with van der Waals surface area (Å²) in [5.41, 5.74) is 0.968. The van der Waals surface area contributed by atoms with Gasteiger partial charge in [0.15, 0.2) is 0 Å². The Hall–Kier alpha value is -1.01. The fraction of sp³-hybridized carbons (Fsp3) is 0. The van der Waals surface area contributed by atoms with E-state index < -0.39 is 8.69 Å². The molecule has 0 saturated carbocycles. The molecule has 0 spiro atoms. The van der Waals surface area contributed by atoms with Crippen LogP contribution in [0.2, 0.25) is 0 Å². The fourth-order valence-corrected chi connectivity index (χ4v) is 1.03. The summed E-state index contributed by atoms with van der Waals surface area (Å²) in [6.45, 7) is 3.61. The van der Waals surface area contributed by atoms with Crippen molar-refractivity contribution >= 4 is 14.8 Å². The molecular formula is C8H9O2P. The van der Waals surface area contributed by atoms with Gasteiger partial charge in [0, 0.05) is 0 Å². The molecule has 0 N–H and O–H groups in total. The van der Waals surface area contributed by atoms with Crippen LogP contribution in [-0.4, -0.2) is 0 Å². The second-order valence-corrected chi connectivity index (χ2v) is 2.42. The summed E-state index contributed by atoms with van der Waals surface area (Å²) in [6, 6.07) is 7.29. The van der Waals surface area contributed by atoms with Crippen molar-refractivity contribution in [2.75, 3.05) is 0 Å². The van der Waals surface area contributed by atoms with Crippen molar-refractivity contribution in [1.29, 1.82) is 0 Å². The van der Waals surface area contributed by atoms with Crippen molar-refractivity contribution in [2.24, 2.45) is 0 Å². The first-order valence-electron chi connectivity index (χ1n) is 3.19. The van der Waals surface area contributed by atoms with Crippen molar-refractivity contribution < 1.29 is 9.09 Å². The minimum Gasteiger partial charge on any atom is -0.447 e. The lowest BCUT2D eigenvalue weighted by Gasteiger charge is -1.98.